The van der Waals surface area contributed by atoms with Crippen LogP contribution >= 0.6 is 11.6 Å². The summed E-state index contributed by atoms with van der Waals surface area (Å²) in [5.41, 5.74) is 0. The second-order valence-corrected chi connectivity index (χ2v) is 3.89. The summed E-state index contributed by atoms with van der Waals surface area (Å²) >= 11 is 5.40. The lowest BCUT2D eigenvalue weighted by molar-refractivity contribution is -0.131. The van der Waals surface area contributed by atoms with Crippen molar-refractivity contribution >= 4 is 22.8 Å². The van der Waals surface area contributed by atoms with Crippen molar-refractivity contribution in [1.82, 2.24) is 9.80 Å². The molecular formula is C9H15ClN2O2. The maximum atomic E-state index is 11.0. The Morgan fingerprint density at radius 2 is 1.71 bits per heavy atom. The summed E-state index contributed by atoms with van der Waals surface area (Å²) in [4.78, 5) is 25.7. The van der Waals surface area contributed by atoms with E-state index in [4.69, 9.17) is 11.6 Å². The number of rotatable bonds is 2. The lowest BCUT2D eigenvalue weighted by Crippen LogP contribution is -2.52. The molecule has 0 saturated carbocycles. The van der Waals surface area contributed by atoms with Gasteiger partial charge in [-0.05, 0) is 18.5 Å². The zero-order valence-corrected chi connectivity index (χ0v) is 9.25. The Bertz CT molecular complexity index is 237. The van der Waals surface area contributed by atoms with Crippen molar-refractivity contribution in [3.8, 4) is 0 Å². The Kier molecular flexibility index (Phi) is 3.89. The van der Waals surface area contributed by atoms with Gasteiger partial charge in [-0.15, -0.1) is 0 Å². The summed E-state index contributed by atoms with van der Waals surface area (Å²) in [6.45, 7) is 6.16. The van der Waals surface area contributed by atoms with Crippen LogP contribution in [0.1, 0.15) is 13.8 Å². The minimum atomic E-state index is -0.332. The molecule has 1 amide bonds. The van der Waals surface area contributed by atoms with Crippen LogP contribution in [0.3, 0.4) is 0 Å². The van der Waals surface area contributed by atoms with Gasteiger partial charge in [0, 0.05) is 33.1 Å². The molecule has 0 bridgehead atoms. The molecule has 1 saturated heterocycles. The molecule has 0 spiro atoms. The number of amides is 1. The number of hydrogen-bond donors (Lipinski definition) is 0. The Morgan fingerprint density at radius 1 is 1.21 bits per heavy atom. The molecule has 4 nitrogen and oxygen atoms in total. The summed E-state index contributed by atoms with van der Waals surface area (Å²) in [6, 6.07) is -0.245. The molecule has 5 heteroatoms. The highest BCUT2D eigenvalue weighted by molar-refractivity contribution is 6.64. The quantitative estimate of drug-likeness (QED) is 0.627. The molecule has 80 valence electrons. The highest BCUT2D eigenvalue weighted by atomic mass is 35.5. The topological polar surface area (TPSA) is 40.6 Å². The number of carbonyl (C=O) groups is 2. The summed E-state index contributed by atoms with van der Waals surface area (Å²) in [7, 11) is 0. The first kappa shape index (κ1) is 11.5. The summed E-state index contributed by atoms with van der Waals surface area (Å²) in [6.07, 6.45) is 0. The third-order valence-electron chi connectivity index (χ3n) is 2.64. The van der Waals surface area contributed by atoms with Crippen LogP contribution in [-0.4, -0.2) is 53.2 Å². The van der Waals surface area contributed by atoms with Crippen LogP contribution in [0.15, 0.2) is 0 Å². The molecule has 1 atom stereocenters. The SMILES string of the molecule is CC(=O)N1CCN(C(C)C(=O)Cl)CC1. The van der Waals surface area contributed by atoms with Crippen LogP contribution in [0.5, 0.6) is 0 Å². The number of nitrogens with zero attached hydrogens (tertiary/aromatic N) is 2. The van der Waals surface area contributed by atoms with Gasteiger partial charge in [-0.1, -0.05) is 0 Å². The number of hydrogen-bond acceptors (Lipinski definition) is 3. The number of halogens is 1. The molecule has 1 aliphatic rings. The van der Waals surface area contributed by atoms with Gasteiger partial charge in [0.05, 0.1) is 6.04 Å². The highest BCUT2D eigenvalue weighted by Crippen LogP contribution is 2.08. The van der Waals surface area contributed by atoms with E-state index in [1.54, 1.807) is 18.7 Å². The molecule has 0 aromatic carbocycles. The monoisotopic (exact) mass is 218 g/mol. The largest absolute Gasteiger partial charge is 0.340 e. The first-order valence-corrected chi connectivity index (χ1v) is 5.09. The van der Waals surface area contributed by atoms with Crippen molar-refractivity contribution in [2.45, 2.75) is 19.9 Å². The highest BCUT2D eigenvalue weighted by Gasteiger charge is 2.25. The van der Waals surface area contributed by atoms with E-state index < -0.39 is 0 Å². The first-order chi connectivity index (χ1) is 6.52. The van der Waals surface area contributed by atoms with Crippen molar-refractivity contribution < 1.29 is 9.59 Å². The Labute approximate surface area is 88.8 Å². The standard InChI is InChI=1S/C9H15ClN2O2/c1-7(9(10)14)11-3-5-12(6-4-11)8(2)13/h7H,3-6H2,1-2H3. The minimum absolute atomic E-state index is 0.0921. The van der Waals surface area contributed by atoms with Gasteiger partial charge in [0.2, 0.25) is 11.1 Å². The van der Waals surface area contributed by atoms with Crippen LogP contribution in [0.4, 0.5) is 0 Å². The maximum absolute atomic E-state index is 11.0. The third-order valence-corrected chi connectivity index (χ3v) is 2.95. The Morgan fingerprint density at radius 3 is 2.07 bits per heavy atom. The average Bonchev–Trinajstić information content (AvgIpc) is 2.16. The van der Waals surface area contributed by atoms with E-state index in [0.717, 1.165) is 13.1 Å². The van der Waals surface area contributed by atoms with Crippen LogP contribution < -0.4 is 0 Å². The fourth-order valence-corrected chi connectivity index (χ4v) is 1.71. The molecule has 0 aliphatic carbocycles. The van der Waals surface area contributed by atoms with Gasteiger partial charge in [0.1, 0.15) is 0 Å². The maximum Gasteiger partial charge on any atom is 0.238 e. The van der Waals surface area contributed by atoms with E-state index >= 15 is 0 Å². The van der Waals surface area contributed by atoms with Gasteiger partial charge in [-0.2, -0.15) is 0 Å². The van der Waals surface area contributed by atoms with Crippen LogP contribution in [0.25, 0.3) is 0 Å². The predicted molar refractivity (Wildman–Crippen MR) is 54.1 cm³/mol. The van der Waals surface area contributed by atoms with Crippen molar-refractivity contribution in [2.75, 3.05) is 26.2 Å². The van der Waals surface area contributed by atoms with Crippen LogP contribution in [0.2, 0.25) is 0 Å². The van der Waals surface area contributed by atoms with E-state index in [-0.39, 0.29) is 17.2 Å². The molecule has 1 rings (SSSR count). The van der Waals surface area contributed by atoms with Gasteiger partial charge in [-0.25, -0.2) is 0 Å². The first-order valence-electron chi connectivity index (χ1n) is 4.71. The van der Waals surface area contributed by atoms with Gasteiger partial charge < -0.3 is 4.90 Å². The smallest absolute Gasteiger partial charge is 0.238 e. The fraction of sp³-hybridized carbons (Fsp3) is 0.778. The molecule has 14 heavy (non-hydrogen) atoms. The summed E-state index contributed by atoms with van der Waals surface area (Å²) < 4.78 is 0. The molecule has 1 unspecified atom stereocenters. The molecule has 1 heterocycles. The summed E-state index contributed by atoms with van der Waals surface area (Å²) in [5, 5.41) is -0.332. The normalized spacial score (nSPS) is 20.6. The third kappa shape index (κ3) is 2.69. The van der Waals surface area contributed by atoms with E-state index in [1.807, 2.05) is 4.90 Å². The molecule has 0 aromatic rings. The van der Waals surface area contributed by atoms with Crippen LogP contribution in [-0.2, 0) is 9.59 Å². The van der Waals surface area contributed by atoms with Crippen LogP contribution in [0, 0.1) is 0 Å². The molecule has 0 aromatic heterocycles. The van der Waals surface area contributed by atoms with Gasteiger partial charge >= 0.3 is 0 Å². The molecule has 1 fully saturated rings. The van der Waals surface area contributed by atoms with Gasteiger partial charge in [0.15, 0.2) is 0 Å². The summed E-state index contributed by atoms with van der Waals surface area (Å²) in [5.74, 6) is 0.0921. The predicted octanol–water partition coefficient (Wildman–Crippen LogP) is 0.304. The lowest BCUT2D eigenvalue weighted by atomic mass is 10.2. The van der Waals surface area contributed by atoms with Crippen molar-refractivity contribution in [2.24, 2.45) is 0 Å². The van der Waals surface area contributed by atoms with E-state index in [9.17, 15) is 9.59 Å². The average molecular weight is 219 g/mol. The van der Waals surface area contributed by atoms with Gasteiger partial charge in [-0.3, -0.25) is 14.5 Å². The van der Waals surface area contributed by atoms with E-state index in [1.165, 1.54) is 0 Å². The van der Waals surface area contributed by atoms with Crippen molar-refractivity contribution in [3.05, 3.63) is 0 Å². The zero-order chi connectivity index (χ0) is 10.7. The van der Waals surface area contributed by atoms with E-state index in [2.05, 4.69) is 0 Å². The Hall–Kier alpha value is -0.610. The van der Waals surface area contributed by atoms with Crippen molar-refractivity contribution in [3.63, 3.8) is 0 Å². The second kappa shape index (κ2) is 4.75. The number of piperazine rings is 1. The number of carbonyl (C=O) groups excluding carboxylic acids is 2. The minimum Gasteiger partial charge on any atom is -0.340 e. The zero-order valence-electron chi connectivity index (χ0n) is 8.49. The van der Waals surface area contributed by atoms with E-state index in [0.29, 0.717) is 13.1 Å². The lowest BCUT2D eigenvalue weighted by Gasteiger charge is -2.36. The fourth-order valence-electron chi connectivity index (χ4n) is 1.57. The molecular weight excluding hydrogens is 204 g/mol. The Balaban J connectivity index is 2.43. The van der Waals surface area contributed by atoms with Gasteiger partial charge in [0.25, 0.3) is 0 Å². The molecule has 1 aliphatic heterocycles. The van der Waals surface area contributed by atoms with Crippen molar-refractivity contribution in [1.29, 1.82) is 0 Å². The second-order valence-electron chi connectivity index (χ2n) is 3.52. The molecule has 0 N–H and O–H groups in total. The molecule has 0 radical (unpaired) electrons.